The Labute approximate surface area is 232 Å². The number of nitrogens with one attached hydrogen (secondary N) is 1. The molecule has 206 valence electrons. The third-order valence-corrected chi connectivity index (χ3v) is 6.23. The summed E-state index contributed by atoms with van der Waals surface area (Å²) < 4.78 is 11.1. The number of hydrogen-bond acceptors (Lipinski definition) is 5. The van der Waals surface area contributed by atoms with Crippen LogP contribution in [0.25, 0.3) is 16.6 Å². The summed E-state index contributed by atoms with van der Waals surface area (Å²) in [6.45, 7) is 13.0. The van der Waals surface area contributed by atoms with Gasteiger partial charge in [0.15, 0.2) is 0 Å². The molecule has 39 heavy (non-hydrogen) atoms. The van der Waals surface area contributed by atoms with Gasteiger partial charge in [0.1, 0.15) is 17.8 Å². The highest BCUT2D eigenvalue weighted by atomic mass is 16.5. The fourth-order valence-electron chi connectivity index (χ4n) is 4.20. The SMILES string of the molecule is C=C(c1cc2cc(OC)ccc2[nH]1)N(CC=O)CCN(C)Cc1cccc(OC(C)C)c1.Cc1ccccc1. The second-order valence-electron chi connectivity index (χ2n) is 9.90. The summed E-state index contributed by atoms with van der Waals surface area (Å²) in [7, 11) is 3.73. The van der Waals surface area contributed by atoms with E-state index in [9.17, 15) is 4.79 Å². The van der Waals surface area contributed by atoms with E-state index in [1.807, 2.05) is 73.3 Å². The maximum atomic E-state index is 11.3. The van der Waals surface area contributed by atoms with E-state index in [1.165, 1.54) is 11.1 Å². The van der Waals surface area contributed by atoms with Crippen LogP contribution >= 0.6 is 0 Å². The molecule has 0 bridgehead atoms. The number of carbonyl (C=O) groups is 1. The largest absolute Gasteiger partial charge is 0.497 e. The molecule has 1 N–H and O–H groups in total. The molecule has 3 aromatic carbocycles. The van der Waals surface area contributed by atoms with Crippen LogP contribution < -0.4 is 9.47 Å². The second-order valence-corrected chi connectivity index (χ2v) is 9.90. The highest BCUT2D eigenvalue weighted by molar-refractivity contribution is 5.85. The number of likely N-dealkylation sites (N-methyl/N-ethyl adjacent to an activating group) is 1. The lowest BCUT2D eigenvalue weighted by molar-refractivity contribution is -0.108. The van der Waals surface area contributed by atoms with Gasteiger partial charge in [-0.1, -0.05) is 54.6 Å². The zero-order valence-electron chi connectivity index (χ0n) is 23.8. The maximum absolute atomic E-state index is 11.3. The Hall–Kier alpha value is -4.03. The molecule has 0 fully saturated rings. The fraction of sp³-hybridized carbons (Fsp3) is 0.303. The summed E-state index contributed by atoms with van der Waals surface area (Å²) in [6.07, 6.45) is 1.07. The van der Waals surface area contributed by atoms with Crippen LogP contribution in [0.5, 0.6) is 11.5 Å². The number of nitrogens with zero attached hydrogens (tertiary/aromatic N) is 2. The van der Waals surface area contributed by atoms with Gasteiger partial charge in [0.25, 0.3) is 0 Å². The summed E-state index contributed by atoms with van der Waals surface area (Å²) in [5.41, 5.74) is 5.22. The topological polar surface area (TPSA) is 57.8 Å². The molecule has 0 atom stereocenters. The second kappa shape index (κ2) is 14.8. The molecule has 0 unspecified atom stereocenters. The predicted molar refractivity (Wildman–Crippen MR) is 161 cm³/mol. The van der Waals surface area contributed by atoms with Crippen molar-refractivity contribution in [1.29, 1.82) is 0 Å². The number of hydrogen-bond donors (Lipinski definition) is 1. The Bertz CT molecular complexity index is 1330. The van der Waals surface area contributed by atoms with E-state index in [2.05, 4.69) is 54.7 Å². The lowest BCUT2D eigenvalue weighted by atomic mass is 10.2. The van der Waals surface area contributed by atoms with Gasteiger partial charge >= 0.3 is 0 Å². The standard InChI is InChI=1S/C26H33N3O3.C7H8/c1-19(2)32-24-8-6-7-21(15-24)18-28(4)11-12-29(13-14-30)20(3)26-17-22-16-23(31-5)9-10-25(22)27-26;1-7-5-3-2-4-6-7/h6-10,14-17,19,27H,3,11-13,18H2,1-2,4-5H3;2-6H,1H3. The van der Waals surface area contributed by atoms with Crippen LogP contribution in [-0.2, 0) is 11.3 Å². The van der Waals surface area contributed by atoms with Crippen molar-refractivity contribution in [3.8, 4) is 11.5 Å². The minimum Gasteiger partial charge on any atom is -0.497 e. The van der Waals surface area contributed by atoms with Crippen molar-refractivity contribution in [3.05, 3.63) is 102 Å². The first kappa shape index (κ1) is 29.5. The van der Waals surface area contributed by atoms with Crippen LogP contribution in [0.2, 0.25) is 0 Å². The van der Waals surface area contributed by atoms with Gasteiger partial charge in [0.05, 0.1) is 31.1 Å². The molecule has 6 heteroatoms. The quantitative estimate of drug-likeness (QED) is 0.211. The number of benzene rings is 3. The van der Waals surface area contributed by atoms with Crippen LogP contribution in [0.4, 0.5) is 0 Å². The number of fused-ring (bicyclic) bond motifs is 1. The van der Waals surface area contributed by atoms with Gasteiger partial charge in [-0.2, -0.15) is 0 Å². The molecule has 0 saturated heterocycles. The van der Waals surface area contributed by atoms with Crippen molar-refractivity contribution in [2.45, 2.75) is 33.4 Å². The number of aryl methyl sites for hydroxylation is 1. The van der Waals surface area contributed by atoms with E-state index < -0.39 is 0 Å². The molecule has 0 aliphatic carbocycles. The van der Waals surface area contributed by atoms with Crippen molar-refractivity contribution in [1.82, 2.24) is 14.8 Å². The van der Waals surface area contributed by atoms with Crippen molar-refractivity contribution in [2.75, 3.05) is 33.8 Å². The van der Waals surface area contributed by atoms with Gasteiger partial charge in [-0.05, 0) is 69.8 Å². The van der Waals surface area contributed by atoms with Crippen molar-refractivity contribution in [2.24, 2.45) is 0 Å². The molecule has 0 saturated carbocycles. The van der Waals surface area contributed by atoms with E-state index in [-0.39, 0.29) is 6.10 Å². The average molecular weight is 528 g/mol. The number of carbonyl (C=O) groups excluding carboxylic acids is 1. The number of aromatic amines is 1. The lowest BCUT2D eigenvalue weighted by Gasteiger charge is -2.27. The van der Waals surface area contributed by atoms with Crippen LogP contribution in [0.1, 0.15) is 30.7 Å². The van der Waals surface area contributed by atoms with Gasteiger partial charge in [0, 0.05) is 30.5 Å². The van der Waals surface area contributed by atoms with Gasteiger partial charge in [-0.3, -0.25) is 0 Å². The Kier molecular flexibility index (Phi) is 11.2. The molecule has 0 amide bonds. The Morgan fingerprint density at radius 1 is 0.974 bits per heavy atom. The van der Waals surface area contributed by atoms with E-state index in [0.29, 0.717) is 13.1 Å². The monoisotopic (exact) mass is 527 g/mol. The molecule has 4 rings (SSSR count). The number of H-pyrrole nitrogens is 1. The van der Waals surface area contributed by atoms with E-state index in [4.69, 9.17) is 9.47 Å². The van der Waals surface area contributed by atoms with Crippen molar-refractivity contribution >= 4 is 22.9 Å². The highest BCUT2D eigenvalue weighted by Gasteiger charge is 2.14. The summed E-state index contributed by atoms with van der Waals surface area (Å²) in [5, 5.41) is 1.05. The van der Waals surface area contributed by atoms with Crippen LogP contribution in [0.15, 0.2) is 85.4 Å². The van der Waals surface area contributed by atoms with Gasteiger partial charge in [0.2, 0.25) is 0 Å². The van der Waals surface area contributed by atoms with E-state index in [0.717, 1.165) is 53.2 Å². The first-order valence-corrected chi connectivity index (χ1v) is 13.3. The van der Waals surface area contributed by atoms with Crippen LogP contribution in [0, 0.1) is 6.92 Å². The minimum atomic E-state index is 0.150. The normalized spacial score (nSPS) is 10.7. The number of ether oxygens (including phenoxy) is 2. The molecule has 0 radical (unpaired) electrons. The van der Waals surface area contributed by atoms with E-state index >= 15 is 0 Å². The first-order chi connectivity index (χ1) is 18.8. The Morgan fingerprint density at radius 2 is 1.74 bits per heavy atom. The Morgan fingerprint density at radius 3 is 2.38 bits per heavy atom. The molecule has 0 aliphatic heterocycles. The number of aromatic nitrogens is 1. The van der Waals surface area contributed by atoms with Crippen molar-refractivity contribution < 1.29 is 14.3 Å². The highest BCUT2D eigenvalue weighted by Crippen LogP contribution is 2.25. The minimum absolute atomic E-state index is 0.150. The lowest BCUT2D eigenvalue weighted by Crippen LogP contribution is -2.33. The fourth-order valence-corrected chi connectivity index (χ4v) is 4.20. The predicted octanol–water partition coefficient (Wildman–Crippen LogP) is 6.56. The number of methoxy groups -OCH3 is 1. The Balaban J connectivity index is 0.000000520. The molecular formula is C33H41N3O3. The summed E-state index contributed by atoms with van der Waals surface area (Å²) in [6, 6.07) is 26.4. The average Bonchev–Trinajstić information content (AvgIpc) is 3.35. The smallest absolute Gasteiger partial charge is 0.139 e. The first-order valence-electron chi connectivity index (χ1n) is 13.3. The van der Waals surface area contributed by atoms with Gasteiger partial charge in [-0.15, -0.1) is 0 Å². The molecule has 1 aromatic heterocycles. The van der Waals surface area contributed by atoms with Crippen molar-refractivity contribution in [3.63, 3.8) is 0 Å². The van der Waals surface area contributed by atoms with Crippen LogP contribution in [-0.4, -0.2) is 61.0 Å². The molecule has 0 spiro atoms. The number of aldehydes is 1. The zero-order chi connectivity index (χ0) is 28.2. The van der Waals surface area contributed by atoms with E-state index in [1.54, 1.807) is 7.11 Å². The summed E-state index contributed by atoms with van der Waals surface area (Å²) >= 11 is 0. The molecule has 1 heterocycles. The summed E-state index contributed by atoms with van der Waals surface area (Å²) in [4.78, 5) is 19.0. The maximum Gasteiger partial charge on any atom is 0.139 e. The van der Waals surface area contributed by atoms with Gasteiger partial charge < -0.3 is 29.1 Å². The number of rotatable bonds is 12. The van der Waals surface area contributed by atoms with Gasteiger partial charge in [-0.25, -0.2) is 0 Å². The third-order valence-electron chi connectivity index (χ3n) is 6.23. The molecule has 0 aliphatic rings. The molecular weight excluding hydrogens is 486 g/mol. The molecule has 6 nitrogen and oxygen atoms in total. The summed E-state index contributed by atoms with van der Waals surface area (Å²) in [5.74, 6) is 1.69. The van der Waals surface area contributed by atoms with Crippen LogP contribution in [0.3, 0.4) is 0 Å². The zero-order valence-corrected chi connectivity index (χ0v) is 23.8. The molecule has 4 aromatic rings. The third kappa shape index (κ3) is 9.34.